The van der Waals surface area contributed by atoms with Crippen molar-refractivity contribution in [3.63, 3.8) is 0 Å². The quantitative estimate of drug-likeness (QED) is 0.679. The average molecular weight is 294 g/mol. The molecule has 7 nitrogen and oxygen atoms in total. The van der Waals surface area contributed by atoms with Crippen molar-refractivity contribution in [2.75, 3.05) is 18.0 Å². The van der Waals surface area contributed by atoms with Crippen LogP contribution in [0.1, 0.15) is 31.1 Å². The Kier molecular flexibility index (Phi) is 3.87. The van der Waals surface area contributed by atoms with Gasteiger partial charge >= 0.3 is 5.97 Å². The van der Waals surface area contributed by atoms with Gasteiger partial charge in [-0.3, -0.25) is 10.1 Å². The first-order valence-electron chi connectivity index (χ1n) is 6.64. The molecule has 2 rings (SSSR count). The number of rotatable bonds is 3. The summed E-state index contributed by atoms with van der Waals surface area (Å²) in [6, 6.07) is 4.20. The Morgan fingerprint density at radius 1 is 1.52 bits per heavy atom. The van der Waals surface area contributed by atoms with Crippen molar-refractivity contribution in [2.45, 2.75) is 32.5 Å². The molecule has 1 aromatic rings. The number of ether oxygens (including phenoxy) is 1. The normalized spacial score (nSPS) is 21.1. The van der Waals surface area contributed by atoms with Crippen molar-refractivity contribution >= 4 is 17.3 Å². The molecule has 1 saturated heterocycles. The first-order chi connectivity index (χ1) is 9.69. The summed E-state index contributed by atoms with van der Waals surface area (Å²) >= 11 is 0. The Bertz CT molecular complexity index is 585. The van der Waals surface area contributed by atoms with Crippen LogP contribution in [0.2, 0.25) is 0 Å². The highest BCUT2D eigenvalue weighted by Crippen LogP contribution is 2.30. The van der Waals surface area contributed by atoms with Crippen molar-refractivity contribution in [1.82, 2.24) is 0 Å². The van der Waals surface area contributed by atoms with Crippen molar-refractivity contribution < 1.29 is 19.6 Å². The predicted molar refractivity (Wildman–Crippen MR) is 76.9 cm³/mol. The third-order valence-corrected chi connectivity index (χ3v) is 3.34. The van der Waals surface area contributed by atoms with Gasteiger partial charge in [0.05, 0.1) is 16.6 Å². The topological polar surface area (TPSA) is 92.9 Å². The highest BCUT2D eigenvalue weighted by Gasteiger charge is 2.32. The van der Waals surface area contributed by atoms with Gasteiger partial charge in [0, 0.05) is 24.8 Å². The van der Waals surface area contributed by atoms with Crippen LogP contribution in [0.3, 0.4) is 0 Å². The zero-order chi connectivity index (χ0) is 15.8. The third-order valence-electron chi connectivity index (χ3n) is 3.34. The van der Waals surface area contributed by atoms with Crippen LogP contribution >= 0.6 is 0 Å². The molecule has 1 aromatic carbocycles. The van der Waals surface area contributed by atoms with Gasteiger partial charge in [-0.1, -0.05) is 0 Å². The number of benzene rings is 1. The summed E-state index contributed by atoms with van der Waals surface area (Å²) in [7, 11) is 0. The van der Waals surface area contributed by atoms with E-state index in [4.69, 9.17) is 9.84 Å². The van der Waals surface area contributed by atoms with Crippen LogP contribution in [-0.4, -0.2) is 40.8 Å². The summed E-state index contributed by atoms with van der Waals surface area (Å²) in [6.45, 7) is 7.03. The lowest BCUT2D eigenvalue weighted by atomic mass is 10.0. The molecule has 1 fully saturated rings. The molecule has 1 heterocycles. The largest absolute Gasteiger partial charge is 0.477 e. The van der Waals surface area contributed by atoms with E-state index in [1.807, 2.05) is 25.7 Å². The van der Waals surface area contributed by atoms with Gasteiger partial charge in [-0.15, -0.1) is 0 Å². The van der Waals surface area contributed by atoms with Gasteiger partial charge < -0.3 is 14.7 Å². The molecular weight excluding hydrogens is 276 g/mol. The monoisotopic (exact) mass is 294 g/mol. The van der Waals surface area contributed by atoms with E-state index in [2.05, 4.69) is 0 Å². The molecule has 114 valence electrons. The minimum Gasteiger partial charge on any atom is -0.477 e. The van der Waals surface area contributed by atoms with Gasteiger partial charge in [0.2, 0.25) is 0 Å². The zero-order valence-corrected chi connectivity index (χ0v) is 12.2. The maximum absolute atomic E-state index is 11.1. The molecule has 1 aliphatic rings. The number of nitro groups is 1. The Hall–Kier alpha value is -2.15. The first kappa shape index (κ1) is 15.2. The summed E-state index contributed by atoms with van der Waals surface area (Å²) in [5.41, 5.74) is -0.422. The molecule has 0 amide bonds. The van der Waals surface area contributed by atoms with Gasteiger partial charge in [-0.2, -0.15) is 0 Å². The fourth-order valence-electron chi connectivity index (χ4n) is 2.70. The van der Waals surface area contributed by atoms with Crippen molar-refractivity contribution in [1.29, 1.82) is 0 Å². The highest BCUT2D eigenvalue weighted by molar-refractivity contribution is 5.93. The molecule has 0 bridgehead atoms. The molecule has 7 heteroatoms. The Morgan fingerprint density at radius 2 is 2.19 bits per heavy atom. The van der Waals surface area contributed by atoms with Crippen LogP contribution in [0.5, 0.6) is 0 Å². The van der Waals surface area contributed by atoms with Gasteiger partial charge in [0.25, 0.3) is 5.69 Å². The first-order valence-corrected chi connectivity index (χ1v) is 6.64. The lowest BCUT2D eigenvalue weighted by molar-refractivity contribution is -0.385. The van der Waals surface area contributed by atoms with Gasteiger partial charge in [0.15, 0.2) is 0 Å². The van der Waals surface area contributed by atoms with Crippen molar-refractivity contribution in [3.05, 3.63) is 33.9 Å². The van der Waals surface area contributed by atoms with Crippen LogP contribution in [0.25, 0.3) is 0 Å². The Morgan fingerprint density at radius 3 is 2.71 bits per heavy atom. The predicted octanol–water partition coefficient (Wildman–Crippen LogP) is 2.30. The highest BCUT2D eigenvalue weighted by atomic mass is 16.6. The van der Waals surface area contributed by atoms with Crippen molar-refractivity contribution in [2.24, 2.45) is 0 Å². The number of nitro benzene ring substituents is 1. The zero-order valence-electron chi connectivity index (χ0n) is 12.2. The summed E-state index contributed by atoms with van der Waals surface area (Å²) in [6.07, 6.45) is -0.00745. The SMILES string of the molecule is CC1CN(c2ccc(C(=O)O)c([N+](=O)[O-])c2)CC(C)(C)O1. The molecule has 0 spiro atoms. The molecule has 1 aliphatic heterocycles. The van der Waals surface area contributed by atoms with Crippen LogP contribution < -0.4 is 4.90 Å². The minimum atomic E-state index is -1.30. The molecule has 0 radical (unpaired) electrons. The second-order valence-electron chi connectivity index (χ2n) is 5.83. The molecule has 1 unspecified atom stereocenters. The number of nitrogens with zero attached hydrogens (tertiary/aromatic N) is 2. The van der Waals surface area contributed by atoms with Gasteiger partial charge in [-0.05, 0) is 32.9 Å². The van der Waals surface area contributed by atoms with Gasteiger partial charge in [-0.25, -0.2) is 4.79 Å². The number of anilines is 1. The van der Waals surface area contributed by atoms with E-state index in [0.29, 0.717) is 18.8 Å². The number of morpholine rings is 1. The Balaban J connectivity index is 2.38. The average Bonchev–Trinajstić information content (AvgIpc) is 2.35. The van der Waals surface area contributed by atoms with E-state index in [1.54, 1.807) is 6.07 Å². The maximum Gasteiger partial charge on any atom is 0.342 e. The van der Waals surface area contributed by atoms with Crippen LogP contribution in [0.15, 0.2) is 18.2 Å². The molecule has 0 aromatic heterocycles. The van der Waals surface area contributed by atoms with E-state index >= 15 is 0 Å². The third kappa shape index (κ3) is 3.30. The second kappa shape index (κ2) is 5.33. The van der Waals surface area contributed by atoms with Gasteiger partial charge in [0.1, 0.15) is 5.56 Å². The summed E-state index contributed by atoms with van der Waals surface area (Å²) in [5, 5.41) is 20.1. The smallest absolute Gasteiger partial charge is 0.342 e. The van der Waals surface area contributed by atoms with Crippen LogP contribution in [-0.2, 0) is 4.74 Å². The van der Waals surface area contributed by atoms with E-state index in [0.717, 1.165) is 0 Å². The second-order valence-corrected chi connectivity index (χ2v) is 5.83. The van der Waals surface area contributed by atoms with E-state index in [1.165, 1.54) is 12.1 Å². The fourth-order valence-corrected chi connectivity index (χ4v) is 2.70. The maximum atomic E-state index is 11.1. The number of carboxylic acid groups (broad SMARTS) is 1. The van der Waals surface area contributed by atoms with E-state index in [9.17, 15) is 14.9 Å². The number of hydrogen-bond acceptors (Lipinski definition) is 5. The lowest BCUT2D eigenvalue weighted by Gasteiger charge is -2.42. The fraction of sp³-hybridized carbons (Fsp3) is 0.500. The Labute approximate surface area is 122 Å². The molecule has 0 saturated carbocycles. The molecule has 1 N–H and O–H groups in total. The number of carbonyl (C=O) groups is 1. The van der Waals surface area contributed by atoms with Crippen molar-refractivity contribution in [3.8, 4) is 0 Å². The number of hydrogen-bond donors (Lipinski definition) is 1. The summed E-state index contributed by atoms with van der Waals surface area (Å²) in [4.78, 5) is 23.4. The minimum absolute atomic E-state index is 0.00745. The summed E-state index contributed by atoms with van der Waals surface area (Å²) < 4.78 is 5.80. The number of aromatic carboxylic acids is 1. The molecular formula is C14H18N2O5. The lowest BCUT2D eigenvalue weighted by Crippen LogP contribution is -2.52. The van der Waals surface area contributed by atoms with Crippen LogP contribution in [0.4, 0.5) is 11.4 Å². The standard InChI is InChI=1S/C14H18N2O5/c1-9-7-15(8-14(2,3)21-9)10-4-5-11(13(17)18)12(6-10)16(19)20/h4-6,9H,7-8H2,1-3H3,(H,17,18). The molecule has 21 heavy (non-hydrogen) atoms. The number of carboxylic acids is 1. The summed E-state index contributed by atoms with van der Waals surface area (Å²) in [5.74, 6) is -1.30. The van der Waals surface area contributed by atoms with E-state index < -0.39 is 16.6 Å². The molecule has 1 atom stereocenters. The van der Waals surface area contributed by atoms with Crippen LogP contribution in [0, 0.1) is 10.1 Å². The molecule has 0 aliphatic carbocycles. The van der Waals surface area contributed by atoms with E-state index in [-0.39, 0.29) is 17.3 Å².